The first-order chi connectivity index (χ1) is 11.2. The maximum atomic E-state index is 12.3. The highest BCUT2D eigenvalue weighted by molar-refractivity contribution is 5.89. The van der Waals surface area contributed by atoms with Crippen LogP contribution in [0.15, 0.2) is 30.3 Å². The molecule has 4 nitrogen and oxygen atoms in total. The van der Waals surface area contributed by atoms with Crippen molar-refractivity contribution in [2.45, 2.75) is 51.6 Å². The second kappa shape index (κ2) is 5.49. The van der Waals surface area contributed by atoms with Crippen molar-refractivity contribution in [2.24, 2.45) is 5.73 Å². The molecule has 1 heterocycles. The van der Waals surface area contributed by atoms with E-state index in [9.17, 15) is 4.79 Å². The predicted molar refractivity (Wildman–Crippen MR) is 95.4 cm³/mol. The highest BCUT2D eigenvalue weighted by Crippen LogP contribution is 2.53. The van der Waals surface area contributed by atoms with Crippen LogP contribution in [0.5, 0.6) is 0 Å². The molecule has 0 fully saturated rings. The van der Waals surface area contributed by atoms with E-state index in [1.807, 2.05) is 25.1 Å². The van der Waals surface area contributed by atoms with Crippen LogP contribution in [0, 0.1) is 6.92 Å². The van der Waals surface area contributed by atoms with Gasteiger partial charge in [0.05, 0.1) is 17.7 Å². The molecule has 24 heavy (non-hydrogen) atoms. The Morgan fingerprint density at radius 2 is 1.83 bits per heavy atom. The molecule has 1 aliphatic rings. The van der Waals surface area contributed by atoms with Crippen LogP contribution in [0.4, 0.5) is 0 Å². The van der Waals surface area contributed by atoms with Crippen molar-refractivity contribution in [3.8, 4) is 5.69 Å². The lowest BCUT2D eigenvalue weighted by molar-refractivity contribution is -0.123. The predicted octanol–water partition coefficient (Wildman–Crippen LogP) is 3.36. The van der Waals surface area contributed by atoms with Gasteiger partial charge >= 0.3 is 0 Å². The van der Waals surface area contributed by atoms with Gasteiger partial charge in [0, 0.05) is 18.5 Å². The summed E-state index contributed by atoms with van der Waals surface area (Å²) in [5, 5.41) is 0. The quantitative estimate of drug-likeness (QED) is 0.936. The van der Waals surface area contributed by atoms with Crippen LogP contribution >= 0.6 is 0 Å². The number of fused-ring (bicyclic) bond motifs is 1. The molecule has 2 N–H and O–H groups in total. The number of nitrogens with two attached hydrogens (primary N) is 1. The monoisotopic (exact) mass is 326 g/mol. The van der Waals surface area contributed by atoms with Crippen LogP contribution in [0.2, 0.25) is 0 Å². The van der Waals surface area contributed by atoms with E-state index >= 15 is 0 Å². The summed E-state index contributed by atoms with van der Waals surface area (Å²) < 4.78 is 7.73. The fourth-order valence-electron chi connectivity index (χ4n) is 4.63. The maximum Gasteiger partial charge on any atom is 0.227 e. The highest BCUT2D eigenvalue weighted by Gasteiger charge is 2.52. The highest BCUT2D eigenvalue weighted by atomic mass is 16.5. The van der Waals surface area contributed by atoms with Gasteiger partial charge in [-0.1, -0.05) is 32.0 Å². The van der Waals surface area contributed by atoms with Gasteiger partial charge in [-0.05, 0) is 48.9 Å². The second-order valence-corrected chi connectivity index (χ2v) is 7.64. The summed E-state index contributed by atoms with van der Waals surface area (Å²) in [5.74, 6) is -0.258. The molecule has 0 saturated heterocycles. The second-order valence-electron chi connectivity index (χ2n) is 7.64. The van der Waals surface area contributed by atoms with E-state index < -0.39 is 5.41 Å². The number of aromatic nitrogens is 1. The van der Waals surface area contributed by atoms with E-state index in [1.54, 1.807) is 7.11 Å². The molecule has 1 aliphatic carbocycles. The van der Waals surface area contributed by atoms with Crippen molar-refractivity contribution in [1.82, 2.24) is 4.57 Å². The Hall–Kier alpha value is -2.07. The maximum absolute atomic E-state index is 12.3. The van der Waals surface area contributed by atoms with Crippen LogP contribution in [-0.4, -0.2) is 17.6 Å². The van der Waals surface area contributed by atoms with Crippen molar-refractivity contribution in [2.75, 3.05) is 7.11 Å². The molecule has 1 atom stereocenters. The lowest BCUT2D eigenvalue weighted by Gasteiger charge is -2.27. The molecule has 0 radical (unpaired) electrons. The SMILES string of the molecule is COCc1c2c(c(C)n1-c1ccccc1)C(C)(C(N)=O)CC2(C)C. The third-order valence-corrected chi connectivity index (χ3v) is 5.37. The zero-order valence-electron chi connectivity index (χ0n) is 15.1. The fraction of sp³-hybridized carbons (Fsp3) is 0.450. The number of methoxy groups -OCH3 is 1. The van der Waals surface area contributed by atoms with Crippen molar-refractivity contribution >= 4 is 5.91 Å². The minimum absolute atomic E-state index is 0.127. The molecule has 1 amide bonds. The van der Waals surface area contributed by atoms with E-state index in [0.29, 0.717) is 6.61 Å². The normalized spacial score (nSPS) is 21.7. The smallest absolute Gasteiger partial charge is 0.227 e. The number of para-hydroxylation sites is 1. The molecule has 4 heteroatoms. The van der Waals surface area contributed by atoms with Crippen LogP contribution in [0.3, 0.4) is 0 Å². The van der Waals surface area contributed by atoms with Gasteiger partial charge in [-0.25, -0.2) is 0 Å². The van der Waals surface area contributed by atoms with Gasteiger partial charge in [-0.15, -0.1) is 0 Å². The number of carbonyl (C=O) groups is 1. The molecule has 1 aromatic carbocycles. The van der Waals surface area contributed by atoms with Crippen LogP contribution in [0.25, 0.3) is 5.69 Å². The standard InChI is InChI=1S/C20H26N2O2/c1-13-16-17(19(2,3)12-20(16,4)18(21)23)15(11-24-5)22(13)14-9-7-6-8-10-14/h6-10H,11-12H2,1-5H3,(H2,21,23). The topological polar surface area (TPSA) is 57.2 Å². The van der Waals surface area contributed by atoms with Crippen LogP contribution in [0.1, 0.15) is 49.7 Å². The van der Waals surface area contributed by atoms with Crippen LogP contribution < -0.4 is 5.73 Å². The van der Waals surface area contributed by atoms with E-state index in [0.717, 1.165) is 29.1 Å². The Morgan fingerprint density at radius 3 is 2.38 bits per heavy atom. The van der Waals surface area contributed by atoms with Gasteiger partial charge in [0.25, 0.3) is 0 Å². The molecular formula is C20H26N2O2. The first kappa shape index (κ1) is 16.8. The Labute approximate surface area is 143 Å². The third kappa shape index (κ3) is 2.20. The minimum atomic E-state index is -0.647. The van der Waals surface area contributed by atoms with Gasteiger partial charge in [0.1, 0.15) is 0 Å². The van der Waals surface area contributed by atoms with E-state index in [4.69, 9.17) is 10.5 Å². The van der Waals surface area contributed by atoms with Gasteiger partial charge in [-0.2, -0.15) is 0 Å². The number of primary amides is 1. The largest absolute Gasteiger partial charge is 0.378 e. The molecule has 1 unspecified atom stereocenters. The molecule has 1 aromatic heterocycles. The fourth-order valence-corrected chi connectivity index (χ4v) is 4.63. The number of carbonyl (C=O) groups excluding carboxylic acids is 1. The Balaban J connectivity index is 2.38. The Bertz CT molecular complexity index is 790. The first-order valence-corrected chi connectivity index (χ1v) is 8.33. The molecule has 0 bridgehead atoms. The van der Waals surface area contributed by atoms with Gasteiger partial charge in [-0.3, -0.25) is 4.79 Å². The zero-order valence-corrected chi connectivity index (χ0v) is 15.1. The summed E-state index contributed by atoms with van der Waals surface area (Å²) in [6.07, 6.45) is 0.729. The summed E-state index contributed by atoms with van der Waals surface area (Å²) >= 11 is 0. The third-order valence-electron chi connectivity index (χ3n) is 5.37. The van der Waals surface area contributed by atoms with E-state index in [-0.39, 0.29) is 11.3 Å². The summed E-state index contributed by atoms with van der Waals surface area (Å²) in [4.78, 5) is 12.3. The number of benzene rings is 1. The number of amides is 1. The molecule has 0 aliphatic heterocycles. The molecule has 0 spiro atoms. The molecule has 2 aromatic rings. The zero-order chi connectivity index (χ0) is 17.7. The average molecular weight is 326 g/mol. The van der Waals surface area contributed by atoms with Crippen molar-refractivity contribution in [3.05, 3.63) is 52.8 Å². The van der Waals surface area contributed by atoms with Gasteiger partial charge in [0.2, 0.25) is 5.91 Å². The Morgan fingerprint density at radius 1 is 1.21 bits per heavy atom. The molecular weight excluding hydrogens is 300 g/mol. The summed E-state index contributed by atoms with van der Waals surface area (Å²) in [6.45, 7) is 8.93. The summed E-state index contributed by atoms with van der Waals surface area (Å²) in [5.41, 5.74) is 10.6. The van der Waals surface area contributed by atoms with Crippen LogP contribution in [-0.2, 0) is 27.0 Å². The molecule has 3 rings (SSSR count). The molecule has 128 valence electrons. The number of rotatable bonds is 4. The van der Waals surface area contributed by atoms with E-state index in [2.05, 4.69) is 37.5 Å². The number of nitrogens with zero attached hydrogens (tertiary/aromatic N) is 1. The number of hydrogen-bond acceptors (Lipinski definition) is 2. The number of hydrogen-bond donors (Lipinski definition) is 1. The lowest BCUT2D eigenvalue weighted by atomic mass is 9.79. The van der Waals surface area contributed by atoms with E-state index in [1.165, 1.54) is 5.56 Å². The molecule has 0 saturated carbocycles. The number of ether oxygens (including phenoxy) is 1. The van der Waals surface area contributed by atoms with Gasteiger partial charge < -0.3 is 15.0 Å². The minimum Gasteiger partial charge on any atom is -0.378 e. The van der Waals surface area contributed by atoms with Crippen molar-refractivity contribution in [3.63, 3.8) is 0 Å². The summed E-state index contributed by atoms with van der Waals surface area (Å²) in [7, 11) is 1.71. The van der Waals surface area contributed by atoms with Crippen molar-refractivity contribution < 1.29 is 9.53 Å². The Kier molecular flexibility index (Phi) is 3.83. The summed E-state index contributed by atoms with van der Waals surface area (Å²) in [6, 6.07) is 10.2. The lowest BCUT2D eigenvalue weighted by Crippen LogP contribution is -2.38. The van der Waals surface area contributed by atoms with Crippen molar-refractivity contribution in [1.29, 1.82) is 0 Å². The average Bonchev–Trinajstić information content (AvgIpc) is 2.93. The van der Waals surface area contributed by atoms with Gasteiger partial charge in [0.15, 0.2) is 0 Å². The first-order valence-electron chi connectivity index (χ1n) is 8.33.